The number of hydrogen-bond acceptors (Lipinski definition) is 0. The molecule has 0 aliphatic carbocycles. The monoisotopic (exact) mass is 1650 g/mol. The molecule has 0 amide bonds. The molecule has 0 saturated carbocycles. The SMILES string of the molecule is c1ccc([Si](c2ccccc2)(c2ccccc2)[CH]([Cr+3]([CH]([Si](c2ccccc2)(c2ccccc2)c2ccccc2)[Si](c2ccccc2)(c2ccccc2)c2ccccc2)[CH]([Si](c2ccccc2)(c2ccccc2)c2ccccc2)[Si](c2ccccc2)(c2ccccc2)c2ccccc2)[Si](c2ccccc2)(c2ccccc2)c2ccccc2)cc1. The van der Waals surface area contributed by atoms with E-state index in [-0.39, 0.29) is 12.1 Å². The van der Waals surface area contributed by atoms with Crippen LogP contribution in [0.15, 0.2) is 546 Å². The van der Waals surface area contributed by atoms with Crippen molar-refractivity contribution < 1.29 is 14.1 Å². The summed E-state index contributed by atoms with van der Waals surface area (Å²) in [4.78, 5) is 0. The average molecular weight is 1650 g/mol. The van der Waals surface area contributed by atoms with Crippen LogP contribution < -0.4 is 93.4 Å². The van der Waals surface area contributed by atoms with E-state index in [1.165, 1.54) is 93.4 Å². The van der Waals surface area contributed by atoms with E-state index >= 15 is 0 Å². The first kappa shape index (κ1) is 77.1. The third-order valence-electron chi connectivity index (χ3n) is 25.3. The zero-order chi connectivity index (χ0) is 79.3. The van der Waals surface area contributed by atoms with Crippen molar-refractivity contribution in [3.8, 4) is 0 Å². The Hall–Kier alpha value is -12.2. The van der Waals surface area contributed by atoms with Crippen molar-refractivity contribution in [2.24, 2.45) is 0 Å². The molecule has 0 radical (unpaired) electrons. The van der Waals surface area contributed by atoms with Gasteiger partial charge in [0.15, 0.2) is 0 Å². The first-order chi connectivity index (χ1) is 58.6. The molecule has 0 aromatic heterocycles. The van der Waals surface area contributed by atoms with Crippen molar-refractivity contribution in [2.45, 2.75) is 12.1 Å². The molecule has 0 unspecified atom stereocenters. The fourth-order valence-electron chi connectivity index (χ4n) is 21.0. The molecule has 0 saturated heterocycles. The standard InChI is InChI=1S/3C37H31Si2.Cr/c3*1-7-19-32(20-8-1)38(33-21-9-2-10-22-33,34-23-11-3-12-24-34)31-39(35-25-13-4-14-26-35,36-27-15-5-16-28-36)37-29-17-6-18-30-37;/h3*1-31H;/q;;;+3. The molecule has 0 bridgehead atoms. The van der Waals surface area contributed by atoms with E-state index in [1.54, 1.807) is 0 Å². The van der Waals surface area contributed by atoms with Crippen LogP contribution in [0.5, 0.6) is 0 Å². The molecule has 0 atom stereocenters. The molecular formula is C111H93CrSi6+3. The van der Waals surface area contributed by atoms with Crippen molar-refractivity contribution >= 4 is 142 Å². The van der Waals surface area contributed by atoms with E-state index < -0.39 is 62.6 Å². The van der Waals surface area contributed by atoms with Gasteiger partial charge in [-0.15, -0.1) is 0 Å². The van der Waals surface area contributed by atoms with Gasteiger partial charge in [0.05, 0.1) is 0 Å². The Bertz CT molecular complexity index is 4570. The zero-order valence-electron chi connectivity index (χ0n) is 66.1. The van der Waals surface area contributed by atoms with E-state index in [4.69, 9.17) is 0 Å². The molecule has 118 heavy (non-hydrogen) atoms. The predicted octanol–water partition coefficient (Wildman–Crippen LogP) is 14.2. The molecular weight excluding hydrogens is 1550 g/mol. The van der Waals surface area contributed by atoms with Crippen LogP contribution in [0.25, 0.3) is 0 Å². The Labute approximate surface area is 708 Å². The Morgan fingerprint density at radius 1 is 0.0932 bits per heavy atom. The fraction of sp³-hybridized carbons (Fsp3) is 0.0270. The summed E-state index contributed by atoms with van der Waals surface area (Å²) in [5.41, 5.74) is 0. The first-order valence-electron chi connectivity index (χ1n) is 41.3. The molecule has 0 nitrogen and oxygen atoms in total. The van der Waals surface area contributed by atoms with E-state index in [9.17, 15) is 0 Å². The number of hydrogen-bond donors (Lipinski definition) is 0. The van der Waals surface area contributed by atoms with Gasteiger partial charge in [-0.3, -0.25) is 0 Å². The molecule has 0 aliphatic rings. The van der Waals surface area contributed by atoms with Crippen LogP contribution in [0.4, 0.5) is 0 Å². The molecule has 564 valence electrons. The molecule has 0 N–H and O–H groups in total. The van der Waals surface area contributed by atoms with Crippen LogP contribution in [0.1, 0.15) is 0 Å². The molecule has 0 heterocycles. The van der Waals surface area contributed by atoms with Gasteiger partial charge in [0, 0.05) is 0 Å². The van der Waals surface area contributed by atoms with E-state index in [0.717, 1.165) is 0 Å². The van der Waals surface area contributed by atoms with Gasteiger partial charge in [-0.25, -0.2) is 0 Å². The van der Waals surface area contributed by atoms with E-state index in [0.29, 0.717) is 0 Å². The molecule has 0 aliphatic heterocycles. The third-order valence-corrected chi connectivity index (χ3v) is 79.4. The zero-order valence-corrected chi connectivity index (χ0v) is 73.4. The summed E-state index contributed by atoms with van der Waals surface area (Å²) < 4.78 is -0.815. The molecule has 0 spiro atoms. The van der Waals surface area contributed by atoms with Gasteiger partial charge in [-0.1, -0.05) is 0 Å². The third kappa shape index (κ3) is 13.2. The molecule has 18 aromatic rings. The minimum atomic E-state index is -4.25. The van der Waals surface area contributed by atoms with Crippen molar-refractivity contribution in [3.05, 3.63) is 546 Å². The summed E-state index contributed by atoms with van der Waals surface area (Å²) in [6, 6.07) is 224. The Morgan fingerprint density at radius 2 is 0.153 bits per heavy atom. The Morgan fingerprint density at radius 3 is 0.212 bits per heavy atom. The number of benzene rings is 18. The van der Waals surface area contributed by atoms with Crippen LogP contribution in [-0.2, 0) is 14.1 Å². The van der Waals surface area contributed by atoms with Gasteiger partial charge in [0.1, 0.15) is 0 Å². The maximum atomic E-state index is 2.64. The average Bonchev–Trinajstić information content (AvgIpc) is 0.652. The van der Waals surface area contributed by atoms with E-state index in [1.807, 2.05) is 0 Å². The second-order valence-corrected chi connectivity index (χ2v) is 63.9. The van der Waals surface area contributed by atoms with Crippen LogP contribution in [0.2, 0.25) is 12.1 Å². The molecule has 18 rings (SSSR count). The maximum absolute atomic E-state index is 4.25. The van der Waals surface area contributed by atoms with Crippen molar-refractivity contribution in [1.82, 2.24) is 0 Å². The Kier molecular flexibility index (Phi) is 22.8. The van der Waals surface area contributed by atoms with E-state index in [2.05, 4.69) is 546 Å². The summed E-state index contributed by atoms with van der Waals surface area (Å²) in [5, 5.41) is 25.2. The van der Waals surface area contributed by atoms with Gasteiger partial charge in [0.25, 0.3) is 0 Å². The van der Waals surface area contributed by atoms with Gasteiger partial charge < -0.3 is 0 Å². The first-order valence-corrected chi connectivity index (χ1v) is 56.0. The van der Waals surface area contributed by atoms with Crippen LogP contribution >= 0.6 is 0 Å². The van der Waals surface area contributed by atoms with Crippen LogP contribution in [0.3, 0.4) is 0 Å². The second kappa shape index (κ2) is 34.9. The van der Waals surface area contributed by atoms with Crippen LogP contribution in [0, 0.1) is 0 Å². The van der Waals surface area contributed by atoms with Gasteiger partial charge in [-0.05, 0) is 0 Å². The summed E-state index contributed by atoms with van der Waals surface area (Å²) in [6.07, 6.45) is 0. The number of rotatable bonds is 27. The fourth-order valence-corrected chi connectivity index (χ4v) is 102. The van der Waals surface area contributed by atoms with Gasteiger partial charge in [0.2, 0.25) is 0 Å². The van der Waals surface area contributed by atoms with Gasteiger partial charge in [-0.2, -0.15) is 0 Å². The van der Waals surface area contributed by atoms with Crippen molar-refractivity contribution in [2.75, 3.05) is 0 Å². The normalized spacial score (nSPS) is 12.1. The summed E-state index contributed by atoms with van der Waals surface area (Å²) in [5.74, 6) is 0. The van der Waals surface area contributed by atoms with Gasteiger partial charge >= 0.3 is 714 Å². The summed E-state index contributed by atoms with van der Waals surface area (Å²) >= 11 is -3.66. The summed E-state index contributed by atoms with van der Waals surface area (Å²) in [7, 11) is -25.5. The topological polar surface area (TPSA) is 0 Å². The van der Waals surface area contributed by atoms with Crippen molar-refractivity contribution in [1.29, 1.82) is 0 Å². The van der Waals surface area contributed by atoms with Crippen LogP contribution in [-0.4, -0.2) is 48.4 Å². The minimum absolute atomic E-state index is 0.272. The predicted molar refractivity (Wildman–Crippen MR) is 515 cm³/mol. The molecule has 0 fully saturated rings. The Balaban J connectivity index is 1.32. The molecule has 7 heteroatoms. The summed E-state index contributed by atoms with van der Waals surface area (Å²) in [6.45, 7) is 0. The quantitative estimate of drug-likeness (QED) is 0.0356. The second-order valence-electron chi connectivity index (χ2n) is 31.0. The molecule has 18 aromatic carbocycles. The van der Waals surface area contributed by atoms with Crippen molar-refractivity contribution in [3.63, 3.8) is 0 Å².